The van der Waals surface area contributed by atoms with E-state index in [1.54, 1.807) is 0 Å². The van der Waals surface area contributed by atoms with Gasteiger partial charge >= 0.3 is 0 Å². The van der Waals surface area contributed by atoms with E-state index in [-0.39, 0.29) is 11.1 Å². The molecule has 2 nitrogen and oxygen atoms in total. The highest BCUT2D eigenvalue weighted by molar-refractivity contribution is 5.80. The molecular formula is C25H32N2. The molecule has 0 fully saturated rings. The average molecular weight is 361 g/mol. The molecule has 0 bridgehead atoms. The van der Waals surface area contributed by atoms with Gasteiger partial charge in [-0.25, -0.2) is 0 Å². The van der Waals surface area contributed by atoms with Crippen molar-refractivity contribution in [1.29, 1.82) is 0 Å². The van der Waals surface area contributed by atoms with Crippen LogP contribution in [-0.2, 0) is 11.1 Å². The number of nitrogens with zero attached hydrogens (tertiary/aromatic N) is 2. The van der Waals surface area contributed by atoms with Crippen LogP contribution in [0.3, 0.4) is 0 Å². The summed E-state index contributed by atoms with van der Waals surface area (Å²) in [6.07, 6.45) is 9.69. The van der Waals surface area contributed by atoms with E-state index in [0.29, 0.717) is 0 Å². The van der Waals surface area contributed by atoms with Gasteiger partial charge in [0, 0.05) is 40.2 Å². The average Bonchev–Trinajstić information content (AvgIpc) is 3.19. The Morgan fingerprint density at radius 1 is 0.815 bits per heavy atom. The van der Waals surface area contributed by atoms with Crippen molar-refractivity contribution >= 4 is 22.6 Å². The third kappa shape index (κ3) is 3.95. The number of allylic oxidation sites excluding steroid dienone is 2. The minimum atomic E-state index is 0.148. The molecule has 4 rings (SSSR count). The second-order valence-corrected chi connectivity index (χ2v) is 9.28. The van der Waals surface area contributed by atoms with E-state index >= 15 is 0 Å². The summed E-state index contributed by atoms with van der Waals surface area (Å²) in [5, 5.41) is 1.32. The summed E-state index contributed by atoms with van der Waals surface area (Å²) in [6.45, 7) is 17.4. The molecule has 0 amide bonds. The maximum absolute atomic E-state index is 4.09. The van der Waals surface area contributed by atoms with Crippen molar-refractivity contribution < 1.29 is 0 Å². The fourth-order valence-corrected chi connectivity index (χ4v) is 3.59. The van der Waals surface area contributed by atoms with Crippen molar-refractivity contribution in [2.75, 3.05) is 0 Å². The van der Waals surface area contributed by atoms with Gasteiger partial charge in [0.1, 0.15) is 0 Å². The third-order valence-electron chi connectivity index (χ3n) is 4.99. The number of fused-ring (bicyclic) bond motifs is 2. The first-order valence-corrected chi connectivity index (χ1v) is 9.72. The van der Waals surface area contributed by atoms with Gasteiger partial charge in [0.05, 0.1) is 0 Å². The van der Waals surface area contributed by atoms with Crippen LogP contribution in [0.1, 0.15) is 59.2 Å². The molecule has 27 heavy (non-hydrogen) atoms. The quantitative estimate of drug-likeness (QED) is 0.406. The third-order valence-corrected chi connectivity index (χ3v) is 4.99. The number of benzene rings is 1. The largest absolute Gasteiger partial charge is 0.342 e. The van der Waals surface area contributed by atoms with E-state index in [1.807, 2.05) is 0 Å². The molecule has 0 unspecified atom stereocenters. The smallest absolute Gasteiger partial charge is 0.0485 e. The SMILES string of the molecule is C=C1CC=Cc2c1ccn2C(C)(C)C.CC(C)(C)n1ccc2ccccc21. The first-order chi connectivity index (χ1) is 12.6. The number of hydrogen-bond acceptors (Lipinski definition) is 0. The van der Waals surface area contributed by atoms with Gasteiger partial charge < -0.3 is 9.13 Å². The summed E-state index contributed by atoms with van der Waals surface area (Å²) in [6, 6.07) is 12.8. The molecule has 2 aromatic heterocycles. The number of aromatic nitrogens is 2. The van der Waals surface area contributed by atoms with Crippen molar-refractivity contribution in [3.63, 3.8) is 0 Å². The van der Waals surface area contributed by atoms with Gasteiger partial charge in [-0.1, -0.05) is 30.9 Å². The van der Waals surface area contributed by atoms with Gasteiger partial charge in [0.25, 0.3) is 0 Å². The van der Waals surface area contributed by atoms with Crippen LogP contribution in [-0.4, -0.2) is 9.13 Å². The lowest BCUT2D eigenvalue weighted by atomic mass is 9.98. The summed E-state index contributed by atoms with van der Waals surface area (Å²) in [4.78, 5) is 0. The minimum absolute atomic E-state index is 0.148. The molecular weight excluding hydrogens is 328 g/mol. The normalized spacial score (nSPS) is 14.1. The van der Waals surface area contributed by atoms with Crippen LogP contribution in [0.4, 0.5) is 0 Å². The van der Waals surface area contributed by atoms with Crippen LogP contribution < -0.4 is 0 Å². The molecule has 2 heteroatoms. The van der Waals surface area contributed by atoms with Crippen molar-refractivity contribution in [3.05, 3.63) is 72.7 Å². The molecule has 1 aliphatic rings. The van der Waals surface area contributed by atoms with Crippen LogP contribution in [0.5, 0.6) is 0 Å². The molecule has 0 radical (unpaired) electrons. The molecule has 142 valence electrons. The van der Waals surface area contributed by atoms with E-state index in [0.717, 1.165) is 6.42 Å². The fraction of sp³-hybridized carbons (Fsp3) is 0.360. The van der Waals surface area contributed by atoms with Gasteiger partial charge in [-0.05, 0) is 83.2 Å². The molecule has 1 aliphatic carbocycles. The maximum atomic E-state index is 4.09. The molecule has 0 saturated heterocycles. The predicted molar refractivity (Wildman–Crippen MR) is 119 cm³/mol. The highest BCUT2D eigenvalue weighted by Crippen LogP contribution is 2.31. The van der Waals surface area contributed by atoms with Gasteiger partial charge in [-0.3, -0.25) is 0 Å². The molecule has 0 atom stereocenters. The summed E-state index contributed by atoms with van der Waals surface area (Å²) in [7, 11) is 0. The lowest BCUT2D eigenvalue weighted by molar-refractivity contribution is 0.396. The summed E-state index contributed by atoms with van der Waals surface area (Å²) in [5.41, 5.74) is 5.47. The first kappa shape index (κ1) is 19.3. The van der Waals surface area contributed by atoms with Crippen molar-refractivity contribution in [2.24, 2.45) is 0 Å². The standard InChI is InChI=1S/C13H17N.C12H15N/c1-10-6-5-7-12-11(10)8-9-14(12)13(2,3)4;1-12(2,3)13-9-8-10-6-4-5-7-11(10)13/h5,7-9H,1,6H2,2-4H3;4-9H,1-3H3. The highest BCUT2D eigenvalue weighted by atomic mass is 15.0. The Kier molecular flexibility index (Phi) is 4.94. The van der Waals surface area contributed by atoms with Gasteiger partial charge in [0.2, 0.25) is 0 Å². The van der Waals surface area contributed by atoms with Crippen molar-refractivity contribution in [1.82, 2.24) is 9.13 Å². The Balaban J connectivity index is 0.000000156. The summed E-state index contributed by atoms with van der Waals surface area (Å²) >= 11 is 0. The maximum Gasteiger partial charge on any atom is 0.0485 e. The second-order valence-electron chi connectivity index (χ2n) is 9.28. The van der Waals surface area contributed by atoms with E-state index in [2.05, 4.69) is 118 Å². The Labute approximate surface area is 163 Å². The number of hydrogen-bond donors (Lipinski definition) is 0. The monoisotopic (exact) mass is 360 g/mol. The summed E-state index contributed by atoms with van der Waals surface area (Å²) in [5.74, 6) is 0. The number of para-hydroxylation sites is 1. The Hall–Kier alpha value is -2.48. The van der Waals surface area contributed by atoms with Crippen LogP contribution in [0.15, 0.2) is 61.4 Å². The van der Waals surface area contributed by atoms with Gasteiger partial charge in [-0.15, -0.1) is 0 Å². The molecule has 0 N–H and O–H groups in total. The fourth-order valence-electron chi connectivity index (χ4n) is 3.59. The highest BCUT2D eigenvalue weighted by Gasteiger charge is 2.19. The van der Waals surface area contributed by atoms with Gasteiger partial charge in [-0.2, -0.15) is 0 Å². The molecule has 1 aromatic carbocycles. The van der Waals surface area contributed by atoms with Crippen molar-refractivity contribution in [3.8, 4) is 0 Å². The minimum Gasteiger partial charge on any atom is -0.342 e. The van der Waals surface area contributed by atoms with E-state index in [9.17, 15) is 0 Å². The molecule has 0 saturated carbocycles. The van der Waals surface area contributed by atoms with Crippen LogP contribution >= 0.6 is 0 Å². The molecule has 3 aromatic rings. The predicted octanol–water partition coefficient (Wildman–Crippen LogP) is 7.07. The zero-order valence-electron chi connectivity index (χ0n) is 17.6. The lowest BCUT2D eigenvalue weighted by Crippen LogP contribution is -2.22. The van der Waals surface area contributed by atoms with Crippen LogP contribution in [0.2, 0.25) is 0 Å². The zero-order chi connectivity index (χ0) is 19.8. The van der Waals surface area contributed by atoms with E-state index in [1.165, 1.54) is 27.7 Å². The van der Waals surface area contributed by atoms with Crippen LogP contribution in [0.25, 0.3) is 22.6 Å². The Morgan fingerprint density at radius 3 is 2.11 bits per heavy atom. The lowest BCUT2D eigenvalue weighted by Gasteiger charge is -2.25. The van der Waals surface area contributed by atoms with Crippen LogP contribution in [0, 0.1) is 0 Å². The Bertz CT molecular complexity index is 981. The molecule has 0 aliphatic heterocycles. The zero-order valence-corrected chi connectivity index (χ0v) is 17.6. The van der Waals surface area contributed by atoms with E-state index < -0.39 is 0 Å². The summed E-state index contributed by atoms with van der Waals surface area (Å²) < 4.78 is 4.62. The van der Waals surface area contributed by atoms with Crippen molar-refractivity contribution in [2.45, 2.75) is 59.0 Å². The molecule has 0 spiro atoms. The second kappa shape index (κ2) is 6.92. The Morgan fingerprint density at radius 2 is 1.44 bits per heavy atom. The first-order valence-electron chi connectivity index (χ1n) is 9.72. The number of rotatable bonds is 0. The van der Waals surface area contributed by atoms with Gasteiger partial charge in [0.15, 0.2) is 0 Å². The van der Waals surface area contributed by atoms with E-state index in [4.69, 9.17) is 0 Å². The molecule has 2 heterocycles. The topological polar surface area (TPSA) is 9.86 Å².